The van der Waals surface area contributed by atoms with Crippen LogP contribution in [-0.2, 0) is 9.47 Å². The Hall–Kier alpha value is -0.120. The Labute approximate surface area is 99.9 Å². The van der Waals surface area contributed by atoms with E-state index in [1.807, 2.05) is 0 Å². The van der Waals surface area contributed by atoms with E-state index in [9.17, 15) is 0 Å². The summed E-state index contributed by atoms with van der Waals surface area (Å²) in [6, 6.07) is 0.648. The fourth-order valence-electron chi connectivity index (χ4n) is 1.93. The molecule has 3 nitrogen and oxygen atoms in total. The summed E-state index contributed by atoms with van der Waals surface area (Å²) in [4.78, 5) is 0. The zero-order valence-electron chi connectivity index (χ0n) is 10.8. The summed E-state index contributed by atoms with van der Waals surface area (Å²) >= 11 is 0. The lowest BCUT2D eigenvalue weighted by Gasteiger charge is -2.14. The van der Waals surface area contributed by atoms with E-state index < -0.39 is 0 Å². The maximum absolute atomic E-state index is 5.70. The molecule has 16 heavy (non-hydrogen) atoms. The topological polar surface area (TPSA) is 30.5 Å². The number of rotatable bonds is 9. The minimum absolute atomic E-state index is 0.359. The molecule has 1 N–H and O–H groups in total. The maximum Gasteiger partial charge on any atom is 0.0830 e. The van der Waals surface area contributed by atoms with Crippen molar-refractivity contribution in [1.29, 1.82) is 0 Å². The predicted octanol–water partition coefficient (Wildman–Crippen LogP) is 2.35. The van der Waals surface area contributed by atoms with Crippen molar-refractivity contribution in [2.45, 2.75) is 58.1 Å². The maximum atomic E-state index is 5.70. The van der Waals surface area contributed by atoms with Gasteiger partial charge in [0.25, 0.3) is 0 Å². The first-order valence-corrected chi connectivity index (χ1v) is 6.75. The van der Waals surface area contributed by atoms with Crippen LogP contribution >= 0.6 is 0 Å². The summed E-state index contributed by atoms with van der Waals surface area (Å²) in [6.07, 6.45) is 6.43. The third kappa shape index (κ3) is 6.46. The van der Waals surface area contributed by atoms with Crippen LogP contribution in [0.5, 0.6) is 0 Å². The van der Waals surface area contributed by atoms with Crippen molar-refractivity contribution in [3.63, 3.8) is 0 Å². The van der Waals surface area contributed by atoms with E-state index in [0.717, 1.165) is 39.2 Å². The molecule has 2 atom stereocenters. The van der Waals surface area contributed by atoms with Crippen molar-refractivity contribution in [1.82, 2.24) is 5.32 Å². The second-order valence-electron chi connectivity index (χ2n) is 4.71. The van der Waals surface area contributed by atoms with Crippen LogP contribution < -0.4 is 5.32 Å². The summed E-state index contributed by atoms with van der Waals surface area (Å²) in [6.45, 7) is 8.10. The standard InChI is InChI=1S/C13H27NO2/c1-3-4-6-12(2)14-8-5-9-16-13-7-10-15-11-13/h12-14H,3-11H2,1-2H3. The number of hydrogen-bond donors (Lipinski definition) is 1. The molecule has 0 bridgehead atoms. The summed E-state index contributed by atoms with van der Waals surface area (Å²) < 4.78 is 11.0. The van der Waals surface area contributed by atoms with Crippen LogP contribution in [-0.4, -0.2) is 38.5 Å². The number of ether oxygens (including phenoxy) is 2. The van der Waals surface area contributed by atoms with Crippen LogP contribution in [0.15, 0.2) is 0 Å². The average molecular weight is 229 g/mol. The van der Waals surface area contributed by atoms with E-state index in [4.69, 9.17) is 9.47 Å². The van der Waals surface area contributed by atoms with Crippen LogP contribution in [0.25, 0.3) is 0 Å². The largest absolute Gasteiger partial charge is 0.379 e. The molecular weight excluding hydrogens is 202 g/mol. The van der Waals surface area contributed by atoms with E-state index in [-0.39, 0.29) is 0 Å². The van der Waals surface area contributed by atoms with Gasteiger partial charge < -0.3 is 14.8 Å². The lowest BCUT2D eigenvalue weighted by Crippen LogP contribution is -2.28. The van der Waals surface area contributed by atoms with E-state index >= 15 is 0 Å². The van der Waals surface area contributed by atoms with Gasteiger partial charge in [0.1, 0.15) is 0 Å². The Morgan fingerprint density at radius 3 is 3.00 bits per heavy atom. The highest BCUT2D eigenvalue weighted by Gasteiger charge is 2.15. The third-order valence-corrected chi connectivity index (χ3v) is 3.05. The highest BCUT2D eigenvalue weighted by molar-refractivity contribution is 4.64. The smallest absolute Gasteiger partial charge is 0.0830 e. The molecule has 0 amide bonds. The summed E-state index contributed by atoms with van der Waals surface area (Å²) in [7, 11) is 0. The van der Waals surface area contributed by atoms with Gasteiger partial charge in [-0.3, -0.25) is 0 Å². The van der Waals surface area contributed by atoms with Gasteiger partial charge in [0, 0.05) is 19.3 Å². The zero-order valence-corrected chi connectivity index (χ0v) is 10.8. The Bertz CT molecular complexity index is 158. The molecule has 1 saturated heterocycles. The molecular formula is C13H27NO2. The van der Waals surface area contributed by atoms with Crippen molar-refractivity contribution < 1.29 is 9.47 Å². The van der Waals surface area contributed by atoms with Crippen LogP contribution in [0.3, 0.4) is 0 Å². The van der Waals surface area contributed by atoms with Gasteiger partial charge in [-0.2, -0.15) is 0 Å². The minimum atomic E-state index is 0.359. The second-order valence-corrected chi connectivity index (χ2v) is 4.71. The van der Waals surface area contributed by atoms with E-state index in [1.165, 1.54) is 19.3 Å². The summed E-state index contributed by atoms with van der Waals surface area (Å²) in [5.41, 5.74) is 0. The number of unbranched alkanes of at least 4 members (excludes halogenated alkanes) is 1. The molecule has 0 aromatic carbocycles. The van der Waals surface area contributed by atoms with Crippen molar-refractivity contribution in [3.05, 3.63) is 0 Å². The van der Waals surface area contributed by atoms with Crippen molar-refractivity contribution in [3.8, 4) is 0 Å². The fourth-order valence-corrected chi connectivity index (χ4v) is 1.93. The number of hydrogen-bond acceptors (Lipinski definition) is 3. The molecule has 2 unspecified atom stereocenters. The van der Waals surface area contributed by atoms with Crippen LogP contribution in [0.4, 0.5) is 0 Å². The Morgan fingerprint density at radius 2 is 2.31 bits per heavy atom. The lowest BCUT2D eigenvalue weighted by molar-refractivity contribution is 0.0414. The van der Waals surface area contributed by atoms with Gasteiger partial charge in [-0.05, 0) is 32.7 Å². The monoisotopic (exact) mass is 229 g/mol. The van der Waals surface area contributed by atoms with Crippen molar-refractivity contribution in [2.75, 3.05) is 26.4 Å². The molecule has 0 saturated carbocycles. The average Bonchev–Trinajstić information content (AvgIpc) is 2.79. The first-order chi connectivity index (χ1) is 7.83. The molecule has 1 fully saturated rings. The minimum Gasteiger partial charge on any atom is -0.379 e. The van der Waals surface area contributed by atoms with Gasteiger partial charge in [0.15, 0.2) is 0 Å². The molecule has 96 valence electrons. The highest BCUT2D eigenvalue weighted by atomic mass is 16.5. The molecule has 3 heteroatoms. The fraction of sp³-hybridized carbons (Fsp3) is 1.00. The Balaban J connectivity index is 1.83. The molecule has 0 aromatic heterocycles. The number of nitrogens with one attached hydrogen (secondary N) is 1. The Morgan fingerprint density at radius 1 is 1.44 bits per heavy atom. The molecule has 1 aliphatic heterocycles. The van der Waals surface area contributed by atoms with E-state index in [2.05, 4.69) is 19.2 Å². The molecule has 0 aromatic rings. The summed E-state index contributed by atoms with van der Waals surface area (Å²) in [5, 5.41) is 3.53. The van der Waals surface area contributed by atoms with Gasteiger partial charge >= 0.3 is 0 Å². The van der Waals surface area contributed by atoms with Gasteiger partial charge in [0.05, 0.1) is 12.7 Å². The second kappa shape index (κ2) is 8.97. The first-order valence-electron chi connectivity index (χ1n) is 6.75. The summed E-state index contributed by atoms with van der Waals surface area (Å²) in [5.74, 6) is 0. The quantitative estimate of drug-likeness (QED) is 0.616. The molecule has 1 aliphatic rings. The lowest BCUT2D eigenvalue weighted by atomic mass is 10.1. The molecule has 1 heterocycles. The zero-order chi connectivity index (χ0) is 11.6. The highest BCUT2D eigenvalue weighted by Crippen LogP contribution is 2.08. The van der Waals surface area contributed by atoms with E-state index in [1.54, 1.807) is 0 Å². The molecule has 0 radical (unpaired) electrons. The van der Waals surface area contributed by atoms with Crippen LogP contribution in [0, 0.1) is 0 Å². The molecule has 0 aliphatic carbocycles. The van der Waals surface area contributed by atoms with Gasteiger partial charge in [-0.15, -0.1) is 0 Å². The van der Waals surface area contributed by atoms with Gasteiger partial charge in [-0.1, -0.05) is 19.8 Å². The van der Waals surface area contributed by atoms with Gasteiger partial charge in [0.2, 0.25) is 0 Å². The first kappa shape index (κ1) is 13.9. The SMILES string of the molecule is CCCCC(C)NCCCOC1CCOC1. The van der Waals surface area contributed by atoms with Crippen molar-refractivity contribution in [2.24, 2.45) is 0 Å². The van der Waals surface area contributed by atoms with Crippen LogP contribution in [0.1, 0.15) is 46.0 Å². The van der Waals surface area contributed by atoms with Crippen molar-refractivity contribution >= 4 is 0 Å². The van der Waals surface area contributed by atoms with E-state index in [0.29, 0.717) is 12.1 Å². The molecule has 1 rings (SSSR count). The third-order valence-electron chi connectivity index (χ3n) is 3.05. The predicted molar refractivity (Wildman–Crippen MR) is 66.8 cm³/mol. The normalized spacial score (nSPS) is 22.5. The van der Waals surface area contributed by atoms with Gasteiger partial charge in [-0.25, -0.2) is 0 Å². The Kier molecular flexibility index (Phi) is 7.81. The molecule has 0 spiro atoms. The van der Waals surface area contributed by atoms with Crippen LogP contribution in [0.2, 0.25) is 0 Å².